The largest absolute Gasteiger partial charge is 0.478 e. The van der Waals surface area contributed by atoms with E-state index in [0.29, 0.717) is 11.3 Å². The molecule has 5 nitrogen and oxygen atoms in total. The fourth-order valence-electron chi connectivity index (χ4n) is 1.88. The maximum Gasteiger partial charge on any atom is 0.328 e. The number of ketones is 1. The van der Waals surface area contributed by atoms with Crippen molar-refractivity contribution in [2.24, 2.45) is 0 Å². The number of carboxylic acid groups (broad SMARTS) is 1. The molecule has 0 spiro atoms. The van der Waals surface area contributed by atoms with Gasteiger partial charge in [0.1, 0.15) is 0 Å². The third kappa shape index (κ3) is 5.38. The maximum atomic E-state index is 12.0. The zero-order valence-corrected chi connectivity index (χ0v) is 12.7. The van der Waals surface area contributed by atoms with Gasteiger partial charge in [0.15, 0.2) is 5.78 Å². The molecule has 2 aromatic rings. The van der Waals surface area contributed by atoms with E-state index < -0.39 is 11.9 Å². The van der Waals surface area contributed by atoms with Gasteiger partial charge in [-0.1, -0.05) is 48.5 Å². The summed E-state index contributed by atoms with van der Waals surface area (Å²) in [7, 11) is 0. The van der Waals surface area contributed by atoms with Gasteiger partial charge < -0.3 is 10.4 Å². The van der Waals surface area contributed by atoms with E-state index in [-0.39, 0.29) is 5.78 Å². The van der Waals surface area contributed by atoms with E-state index in [4.69, 9.17) is 5.11 Å². The van der Waals surface area contributed by atoms with E-state index in [2.05, 4.69) is 5.32 Å². The number of nitrogens with one attached hydrogen (secondary N) is 1. The summed E-state index contributed by atoms with van der Waals surface area (Å²) in [5, 5.41) is 11.0. The molecule has 2 aromatic carbocycles. The number of aliphatic carboxylic acids is 1. The highest BCUT2D eigenvalue weighted by molar-refractivity contribution is 6.06. The first-order chi connectivity index (χ1) is 11.5. The number of rotatable bonds is 6. The Labute approximate surface area is 138 Å². The SMILES string of the molecule is O=C(O)/C=C/C(=O)Nc1ccc(/C=C/C(=O)c2ccccc2)cc1. The third-order valence-corrected chi connectivity index (χ3v) is 3.04. The van der Waals surface area contributed by atoms with Gasteiger partial charge in [0.05, 0.1) is 0 Å². The molecule has 0 aromatic heterocycles. The molecule has 0 saturated heterocycles. The molecule has 0 unspecified atom stereocenters. The van der Waals surface area contributed by atoms with Crippen LogP contribution in [0.5, 0.6) is 0 Å². The maximum absolute atomic E-state index is 12.0. The Morgan fingerprint density at radius 1 is 0.833 bits per heavy atom. The Morgan fingerprint density at radius 2 is 1.50 bits per heavy atom. The number of carbonyl (C=O) groups excluding carboxylic acids is 2. The second-order valence-electron chi connectivity index (χ2n) is 4.85. The lowest BCUT2D eigenvalue weighted by atomic mass is 10.1. The van der Waals surface area contributed by atoms with Crippen LogP contribution in [0.3, 0.4) is 0 Å². The van der Waals surface area contributed by atoms with Crippen LogP contribution >= 0.6 is 0 Å². The van der Waals surface area contributed by atoms with E-state index in [1.807, 2.05) is 6.07 Å². The van der Waals surface area contributed by atoms with Crippen LogP contribution in [-0.4, -0.2) is 22.8 Å². The van der Waals surface area contributed by atoms with Crippen molar-refractivity contribution in [2.75, 3.05) is 5.32 Å². The lowest BCUT2D eigenvalue weighted by molar-refractivity contribution is -0.131. The van der Waals surface area contributed by atoms with E-state index in [1.54, 1.807) is 54.6 Å². The molecule has 5 heteroatoms. The quantitative estimate of drug-likeness (QED) is 0.632. The van der Waals surface area contributed by atoms with Gasteiger partial charge in [0.25, 0.3) is 0 Å². The van der Waals surface area contributed by atoms with Crippen molar-refractivity contribution in [3.63, 3.8) is 0 Å². The van der Waals surface area contributed by atoms with Gasteiger partial charge in [-0.2, -0.15) is 0 Å². The van der Waals surface area contributed by atoms with E-state index >= 15 is 0 Å². The van der Waals surface area contributed by atoms with Gasteiger partial charge >= 0.3 is 5.97 Å². The number of carboxylic acids is 1. The van der Waals surface area contributed by atoms with Crippen LogP contribution in [0.1, 0.15) is 15.9 Å². The van der Waals surface area contributed by atoms with Crippen molar-refractivity contribution in [2.45, 2.75) is 0 Å². The standard InChI is InChI=1S/C19H15NO4/c21-17(15-4-2-1-3-5-15)11-8-14-6-9-16(10-7-14)20-18(22)12-13-19(23)24/h1-13H,(H,20,22)(H,23,24)/b11-8+,13-12+. The molecule has 2 rings (SSSR count). The second-order valence-corrected chi connectivity index (χ2v) is 4.85. The average molecular weight is 321 g/mol. The molecule has 0 saturated carbocycles. The van der Waals surface area contributed by atoms with E-state index in [1.165, 1.54) is 6.08 Å². The molecule has 0 aliphatic heterocycles. The zero-order chi connectivity index (χ0) is 17.4. The summed E-state index contributed by atoms with van der Waals surface area (Å²) in [6, 6.07) is 15.8. The van der Waals surface area contributed by atoms with Crippen molar-refractivity contribution < 1.29 is 19.5 Å². The minimum atomic E-state index is -1.19. The summed E-state index contributed by atoms with van der Waals surface area (Å²) in [6.07, 6.45) is 4.88. The number of hydrogen-bond donors (Lipinski definition) is 2. The van der Waals surface area contributed by atoms with Crippen LogP contribution in [0.15, 0.2) is 72.8 Å². The van der Waals surface area contributed by atoms with Crippen molar-refractivity contribution in [3.8, 4) is 0 Å². The van der Waals surface area contributed by atoms with Gasteiger partial charge in [-0.15, -0.1) is 0 Å². The lowest BCUT2D eigenvalue weighted by Crippen LogP contribution is -2.08. The first kappa shape index (κ1) is 16.9. The highest BCUT2D eigenvalue weighted by Crippen LogP contribution is 2.11. The number of anilines is 1. The second kappa shape index (κ2) is 8.24. The highest BCUT2D eigenvalue weighted by atomic mass is 16.4. The molecule has 2 N–H and O–H groups in total. The summed E-state index contributed by atoms with van der Waals surface area (Å²) in [4.78, 5) is 33.7. The Balaban J connectivity index is 1.97. The molecule has 24 heavy (non-hydrogen) atoms. The molecule has 0 radical (unpaired) electrons. The fraction of sp³-hybridized carbons (Fsp3) is 0. The Bertz CT molecular complexity index is 790. The van der Waals surface area contributed by atoms with Gasteiger partial charge in [-0.25, -0.2) is 4.79 Å². The number of allylic oxidation sites excluding steroid dienone is 1. The van der Waals surface area contributed by atoms with Crippen LogP contribution in [0.25, 0.3) is 6.08 Å². The predicted octanol–water partition coefficient (Wildman–Crippen LogP) is 3.16. The van der Waals surface area contributed by atoms with Crippen molar-refractivity contribution in [3.05, 3.63) is 84.0 Å². The van der Waals surface area contributed by atoms with Crippen LogP contribution in [0.4, 0.5) is 5.69 Å². The molecule has 0 aliphatic rings. The minimum Gasteiger partial charge on any atom is -0.478 e. The molecule has 0 aliphatic carbocycles. The van der Waals surface area contributed by atoms with Crippen molar-refractivity contribution >= 4 is 29.4 Å². The fourth-order valence-corrected chi connectivity index (χ4v) is 1.88. The van der Waals surface area contributed by atoms with Gasteiger partial charge in [0, 0.05) is 23.4 Å². The van der Waals surface area contributed by atoms with Gasteiger partial charge in [-0.05, 0) is 23.8 Å². The number of benzene rings is 2. The lowest BCUT2D eigenvalue weighted by Gasteiger charge is -2.02. The number of carbonyl (C=O) groups is 3. The third-order valence-electron chi connectivity index (χ3n) is 3.04. The van der Waals surface area contributed by atoms with Crippen molar-refractivity contribution in [1.29, 1.82) is 0 Å². The van der Waals surface area contributed by atoms with E-state index in [9.17, 15) is 14.4 Å². The minimum absolute atomic E-state index is 0.0909. The Kier molecular flexibility index (Phi) is 5.80. The first-order valence-corrected chi connectivity index (χ1v) is 7.14. The van der Waals surface area contributed by atoms with Crippen LogP contribution in [-0.2, 0) is 9.59 Å². The molecular formula is C19H15NO4. The molecule has 0 fully saturated rings. The van der Waals surface area contributed by atoms with E-state index in [0.717, 1.165) is 17.7 Å². The molecular weight excluding hydrogens is 306 g/mol. The molecule has 0 bridgehead atoms. The summed E-state index contributed by atoms with van der Waals surface area (Å²) in [5.41, 5.74) is 1.95. The summed E-state index contributed by atoms with van der Waals surface area (Å²) < 4.78 is 0. The monoisotopic (exact) mass is 321 g/mol. The van der Waals surface area contributed by atoms with Crippen molar-refractivity contribution in [1.82, 2.24) is 0 Å². The van der Waals surface area contributed by atoms with Crippen LogP contribution in [0.2, 0.25) is 0 Å². The predicted molar refractivity (Wildman–Crippen MR) is 91.7 cm³/mol. The molecule has 1 amide bonds. The summed E-state index contributed by atoms with van der Waals surface area (Å²) >= 11 is 0. The van der Waals surface area contributed by atoms with Crippen LogP contribution in [0, 0.1) is 0 Å². The smallest absolute Gasteiger partial charge is 0.328 e. The summed E-state index contributed by atoms with van der Waals surface area (Å²) in [5.74, 6) is -1.81. The summed E-state index contributed by atoms with van der Waals surface area (Å²) in [6.45, 7) is 0. The molecule has 0 atom stereocenters. The Morgan fingerprint density at radius 3 is 2.12 bits per heavy atom. The number of hydrogen-bond acceptors (Lipinski definition) is 3. The van der Waals surface area contributed by atoms with Gasteiger partial charge in [0.2, 0.25) is 5.91 Å². The average Bonchev–Trinajstić information content (AvgIpc) is 2.60. The van der Waals surface area contributed by atoms with Crippen LogP contribution < -0.4 is 5.32 Å². The number of amides is 1. The molecule has 120 valence electrons. The molecule has 0 heterocycles. The topological polar surface area (TPSA) is 83.5 Å². The zero-order valence-electron chi connectivity index (χ0n) is 12.7. The highest BCUT2D eigenvalue weighted by Gasteiger charge is 2.01. The van der Waals surface area contributed by atoms with Gasteiger partial charge in [-0.3, -0.25) is 9.59 Å². The first-order valence-electron chi connectivity index (χ1n) is 7.14. The Hall–Kier alpha value is -3.47. The normalized spacial score (nSPS) is 10.8.